The van der Waals surface area contributed by atoms with E-state index in [4.69, 9.17) is 0 Å². The van der Waals surface area contributed by atoms with Gasteiger partial charge in [0.05, 0.1) is 12.8 Å². The number of aromatic nitrogens is 2. The van der Waals surface area contributed by atoms with Crippen LogP contribution in [0.1, 0.15) is 5.56 Å². The lowest BCUT2D eigenvalue weighted by Crippen LogP contribution is -1.94. The van der Waals surface area contributed by atoms with Gasteiger partial charge < -0.3 is 4.74 Å². The zero-order valence-electron chi connectivity index (χ0n) is 9.41. The van der Waals surface area contributed by atoms with E-state index in [9.17, 15) is 4.79 Å². The van der Waals surface area contributed by atoms with Crippen molar-refractivity contribution in [2.75, 3.05) is 7.11 Å². The molecule has 0 bridgehead atoms. The Bertz CT molecular complexity index is 513. The third-order valence-corrected chi connectivity index (χ3v) is 2.28. The molecule has 0 saturated carbocycles. The summed E-state index contributed by atoms with van der Waals surface area (Å²) in [6.45, 7) is 0. The molecule has 0 unspecified atom stereocenters. The highest BCUT2D eigenvalue weighted by Crippen LogP contribution is 2.09. The lowest BCUT2D eigenvalue weighted by molar-refractivity contribution is -0.134. The van der Waals surface area contributed by atoms with Gasteiger partial charge in [0.1, 0.15) is 0 Å². The van der Waals surface area contributed by atoms with Gasteiger partial charge in [-0.05, 0) is 29.8 Å². The minimum Gasteiger partial charge on any atom is -0.466 e. The second kappa shape index (κ2) is 5.12. The molecule has 0 spiro atoms. The summed E-state index contributed by atoms with van der Waals surface area (Å²) in [6, 6.07) is 9.56. The number of rotatable bonds is 3. The molecule has 0 aliphatic carbocycles. The Labute approximate surface area is 99.1 Å². The molecule has 0 aliphatic heterocycles. The van der Waals surface area contributed by atoms with Gasteiger partial charge in [-0.1, -0.05) is 12.1 Å². The fourth-order valence-electron chi connectivity index (χ4n) is 1.39. The SMILES string of the molecule is COC(=O)C=Cc1ccc(-n2cccn2)cc1. The van der Waals surface area contributed by atoms with Crippen molar-refractivity contribution in [1.82, 2.24) is 9.78 Å². The van der Waals surface area contributed by atoms with Gasteiger partial charge in [0.2, 0.25) is 0 Å². The minimum absolute atomic E-state index is 0.360. The van der Waals surface area contributed by atoms with Gasteiger partial charge in [-0.2, -0.15) is 5.10 Å². The third-order valence-electron chi connectivity index (χ3n) is 2.28. The molecule has 4 nitrogen and oxygen atoms in total. The molecule has 2 aromatic rings. The first-order valence-electron chi connectivity index (χ1n) is 5.16. The van der Waals surface area contributed by atoms with Crippen LogP contribution in [0.5, 0.6) is 0 Å². The number of carbonyl (C=O) groups is 1. The molecule has 1 heterocycles. The summed E-state index contributed by atoms with van der Waals surface area (Å²) in [4.78, 5) is 10.9. The molecule has 17 heavy (non-hydrogen) atoms. The number of esters is 1. The van der Waals surface area contributed by atoms with E-state index >= 15 is 0 Å². The van der Waals surface area contributed by atoms with E-state index in [1.54, 1.807) is 17.0 Å². The summed E-state index contributed by atoms with van der Waals surface area (Å²) in [5, 5.41) is 4.13. The highest BCUT2D eigenvalue weighted by atomic mass is 16.5. The molecule has 86 valence electrons. The van der Waals surface area contributed by atoms with Gasteiger partial charge in [0.25, 0.3) is 0 Å². The molecule has 0 amide bonds. The molecule has 4 heteroatoms. The molecule has 1 aromatic heterocycles. The molecule has 0 fully saturated rings. The second-order valence-corrected chi connectivity index (χ2v) is 3.40. The van der Waals surface area contributed by atoms with Crippen molar-refractivity contribution in [2.24, 2.45) is 0 Å². The van der Waals surface area contributed by atoms with Crippen LogP contribution in [-0.2, 0) is 9.53 Å². The number of hydrogen-bond acceptors (Lipinski definition) is 3. The van der Waals surface area contributed by atoms with Crippen molar-refractivity contribution in [2.45, 2.75) is 0 Å². The lowest BCUT2D eigenvalue weighted by Gasteiger charge is -2.01. The summed E-state index contributed by atoms with van der Waals surface area (Å²) in [5.74, 6) is -0.360. The molecule has 0 radical (unpaired) electrons. The third kappa shape index (κ3) is 2.81. The van der Waals surface area contributed by atoms with E-state index < -0.39 is 0 Å². The Hall–Kier alpha value is -2.36. The van der Waals surface area contributed by atoms with E-state index in [2.05, 4.69) is 9.84 Å². The fourth-order valence-corrected chi connectivity index (χ4v) is 1.39. The van der Waals surface area contributed by atoms with Crippen molar-refractivity contribution in [1.29, 1.82) is 0 Å². The highest BCUT2D eigenvalue weighted by Gasteiger charge is 1.96. The predicted octanol–water partition coefficient (Wildman–Crippen LogP) is 2.06. The zero-order chi connectivity index (χ0) is 12.1. The quantitative estimate of drug-likeness (QED) is 0.596. The Morgan fingerprint density at radius 3 is 2.71 bits per heavy atom. The van der Waals surface area contributed by atoms with Crippen molar-refractivity contribution in [3.05, 3.63) is 54.4 Å². The normalized spacial score (nSPS) is 10.6. The number of methoxy groups -OCH3 is 1. The van der Waals surface area contributed by atoms with E-state index in [1.165, 1.54) is 13.2 Å². The van der Waals surface area contributed by atoms with Crippen LogP contribution >= 0.6 is 0 Å². The van der Waals surface area contributed by atoms with Crippen LogP contribution in [0.3, 0.4) is 0 Å². The maximum Gasteiger partial charge on any atom is 0.330 e. The monoisotopic (exact) mass is 228 g/mol. The number of hydrogen-bond donors (Lipinski definition) is 0. The molecule has 0 atom stereocenters. The van der Waals surface area contributed by atoms with E-state index in [0.717, 1.165) is 11.3 Å². The lowest BCUT2D eigenvalue weighted by atomic mass is 10.2. The van der Waals surface area contributed by atoms with Gasteiger partial charge in [-0.3, -0.25) is 0 Å². The van der Waals surface area contributed by atoms with Crippen LogP contribution in [0.25, 0.3) is 11.8 Å². The van der Waals surface area contributed by atoms with Gasteiger partial charge in [-0.15, -0.1) is 0 Å². The first kappa shape index (κ1) is 11.1. The first-order valence-corrected chi connectivity index (χ1v) is 5.16. The van der Waals surface area contributed by atoms with Crippen molar-refractivity contribution in [3.8, 4) is 5.69 Å². The number of carbonyl (C=O) groups excluding carboxylic acids is 1. The van der Waals surface area contributed by atoms with Crippen LogP contribution in [-0.4, -0.2) is 22.9 Å². The van der Waals surface area contributed by atoms with Gasteiger partial charge in [0, 0.05) is 18.5 Å². The largest absolute Gasteiger partial charge is 0.466 e. The maximum absolute atomic E-state index is 10.9. The Morgan fingerprint density at radius 1 is 1.35 bits per heavy atom. The Kier molecular flexibility index (Phi) is 3.35. The smallest absolute Gasteiger partial charge is 0.330 e. The van der Waals surface area contributed by atoms with Crippen molar-refractivity contribution < 1.29 is 9.53 Å². The van der Waals surface area contributed by atoms with Gasteiger partial charge in [-0.25, -0.2) is 9.48 Å². The van der Waals surface area contributed by atoms with Gasteiger partial charge >= 0.3 is 5.97 Å². The molecule has 0 aliphatic rings. The van der Waals surface area contributed by atoms with Crippen LogP contribution in [0, 0.1) is 0 Å². The average Bonchev–Trinajstić information content (AvgIpc) is 2.90. The van der Waals surface area contributed by atoms with E-state index in [-0.39, 0.29) is 5.97 Å². The number of nitrogens with zero attached hydrogens (tertiary/aromatic N) is 2. The van der Waals surface area contributed by atoms with Crippen LogP contribution < -0.4 is 0 Å². The Morgan fingerprint density at radius 2 is 2.12 bits per heavy atom. The topological polar surface area (TPSA) is 44.1 Å². The van der Waals surface area contributed by atoms with E-state index in [1.807, 2.05) is 36.5 Å². The van der Waals surface area contributed by atoms with Crippen molar-refractivity contribution >= 4 is 12.0 Å². The molecule has 1 aromatic carbocycles. The molecular weight excluding hydrogens is 216 g/mol. The number of benzene rings is 1. The molecule has 2 rings (SSSR count). The summed E-state index contributed by atoms with van der Waals surface area (Å²) in [7, 11) is 1.35. The van der Waals surface area contributed by atoms with E-state index in [0.29, 0.717) is 0 Å². The second-order valence-electron chi connectivity index (χ2n) is 3.40. The highest BCUT2D eigenvalue weighted by molar-refractivity contribution is 5.86. The maximum atomic E-state index is 10.9. The Balaban J connectivity index is 2.14. The first-order chi connectivity index (χ1) is 8.29. The summed E-state index contributed by atoms with van der Waals surface area (Å²) < 4.78 is 6.29. The zero-order valence-corrected chi connectivity index (χ0v) is 9.41. The van der Waals surface area contributed by atoms with Crippen LogP contribution in [0.15, 0.2) is 48.8 Å². The van der Waals surface area contributed by atoms with Crippen molar-refractivity contribution in [3.63, 3.8) is 0 Å². The van der Waals surface area contributed by atoms with Crippen LogP contribution in [0.4, 0.5) is 0 Å². The average molecular weight is 228 g/mol. The minimum atomic E-state index is -0.360. The molecular formula is C13H12N2O2. The number of ether oxygens (including phenoxy) is 1. The standard InChI is InChI=1S/C13H12N2O2/c1-17-13(16)8-5-11-3-6-12(7-4-11)15-10-2-9-14-15/h2-10H,1H3. The summed E-state index contributed by atoms with van der Waals surface area (Å²) in [5.41, 5.74) is 1.91. The summed E-state index contributed by atoms with van der Waals surface area (Å²) in [6.07, 6.45) is 6.70. The summed E-state index contributed by atoms with van der Waals surface area (Å²) >= 11 is 0. The molecule has 0 N–H and O–H groups in total. The predicted molar refractivity (Wildman–Crippen MR) is 64.6 cm³/mol. The van der Waals surface area contributed by atoms with Gasteiger partial charge in [0.15, 0.2) is 0 Å². The fraction of sp³-hybridized carbons (Fsp3) is 0.0769. The molecule has 0 saturated heterocycles. The van der Waals surface area contributed by atoms with Crippen LogP contribution in [0.2, 0.25) is 0 Å².